The number of nitrogens with two attached hydrogens (primary N) is 1. The molecule has 3 nitrogen and oxygen atoms in total. The highest BCUT2D eigenvalue weighted by molar-refractivity contribution is 7.11. The standard InChI is InChI=1S/C12H23N3S/c1-2-3-4-5-6-8-11-14-15-12(16-11)9-7-10-13/h2-10,13H2,1H3. The second-order valence-electron chi connectivity index (χ2n) is 4.15. The SMILES string of the molecule is CCCCCCCc1nnc(CCCN)s1. The fourth-order valence-corrected chi connectivity index (χ4v) is 2.55. The molecule has 2 N–H and O–H groups in total. The van der Waals surface area contributed by atoms with Gasteiger partial charge in [0.05, 0.1) is 0 Å². The second kappa shape index (κ2) is 8.65. The number of aryl methyl sites for hydroxylation is 2. The summed E-state index contributed by atoms with van der Waals surface area (Å²) in [5, 5.41) is 10.7. The van der Waals surface area contributed by atoms with Crippen LogP contribution in [0.2, 0.25) is 0 Å². The fourth-order valence-electron chi connectivity index (χ4n) is 1.62. The molecule has 0 saturated carbocycles. The summed E-state index contributed by atoms with van der Waals surface area (Å²) in [6.07, 6.45) is 9.71. The molecule has 1 aromatic heterocycles. The molecule has 0 amide bonds. The van der Waals surface area contributed by atoms with Crippen molar-refractivity contribution in [2.75, 3.05) is 6.54 Å². The first-order valence-corrected chi connectivity index (χ1v) is 7.19. The maximum Gasteiger partial charge on any atom is 0.117 e. The number of hydrogen-bond acceptors (Lipinski definition) is 4. The minimum Gasteiger partial charge on any atom is -0.330 e. The summed E-state index contributed by atoms with van der Waals surface area (Å²) in [5.74, 6) is 0. The van der Waals surface area contributed by atoms with E-state index in [1.165, 1.54) is 37.1 Å². The minimum absolute atomic E-state index is 0.742. The molecule has 0 unspecified atom stereocenters. The molecule has 0 aromatic carbocycles. The van der Waals surface area contributed by atoms with Gasteiger partial charge in [-0.05, 0) is 19.4 Å². The third-order valence-corrected chi connectivity index (χ3v) is 3.64. The molecule has 1 heterocycles. The van der Waals surface area contributed by atoms with Crippen molar-refractivity contribution in [1.29, 1.82) is 0 Å². The van der Waals surface area contributed by atoms with Crippen molar-refractivity contribution >= 4 is 11.3 Å². The Labute approximate surface area is 102 Å². The quantitative estimate of drug-likeness (QED) is 0.676. The molecule has 0 atom stereocenters. The predicted molar refractivity (Wildman–Crippen MR) is 69.7 cm³/mol. The molecular formula is C12H23N3S. The van der Waals surface area contributed by atoms with Gasteiger partial charge < -0.3 is 5.73 Å². The van der Waals surface area contributed by atoms with E-state index in [9.17, 15) is 0 Å². The Kier molecular flexibility index (Phi) is 7.34. The van der Waals surface area contributed by atoms with E-state index in [0.29, 0.717) is 0 Å². The van der Waals surface area contributed by atoms with Crippen LogP contribution < -0.4 is 5.73 Å². The summed E-state index contributed by atoms with van der Waals surface area (Å²) in [6, 6.07) is 0. The van der Waals surface area contributed by atoms with Gasteiger partial charge in [-0.15, -0.1) is 21.5 Å². The van der Waals surface area contributed by atoms with E-state index in [-0.39, 0.29) is 0 Å². The summed E-state index contributed by atoms with van der Waals surface area (Å²) in [4.78, 5) is 0. The van der Waals surface area contributed by atoms with E-state index in [1.54, 1.807) is 11.3 Å². The lowest BCUT2D eigenvalue weighted by Crippen LogP contribution is -1.99. The Hall–Kier alpha value is -0.480. The van der Waals surface area contributed by atoms with Gasteiger partial charge in [0, 0.05) is 12.8 Å². The lowest BCUT2D eigenvalue weighted by molar-refractivity contribution is 0.629. The highest BCUT2D eigenvalue weighted by atomic mass is 32.1. The van der Waals surface area contributed by atoms with Gasteiger partial charge in [-0.25, -0.2) is 0 Å². The molecule has 0 radical (unpaired) electrons. The van der Waals surface area contributed by atoms with E-state index in [0.717, 1.165) is 30.8 Å². The molecule has 0 fully saturated rings. The van der Waals surface area contributed by atoms with E-state index in [2.05, 4.69) is 17.1 Å². The van der Waals surface area contributed by atoms with Crippen molar-refractivity contribution in [3.05, 3.63) is 10.0 Å². The summed E-state index contributed by atoms with van der Waals surface area (Å²) in [5.41, 5.74) is 5.47. The van der Waals surface area contributed by atoms with Gasteiger partial charge >= 0.3 is 0 Å². The summed E-state index contributed by atoms with van der Waals surface area (Å²) < 4.78 is 0. The van der Waals surface area contributed by atoms with E-state index < -0.39 is 0 Å². The highest BCUT2D eigenvalue weighted by Gasteiger charge is 2.03. The molecular weight excluding hydrogens is 218 g/mol. The highest BCUT2D eigenvalue weighted by Crippen LogP contribution is 2.14. The smallest absolute Gasteiger partial charge is 0.117 e. The number of unbranched alkanes of at least 4 members (excludes halogenated alkanes) is 4. The zero-order chi connectivity index (χ0) is 11.6. The third-order valence-electron chi connectivity index (χ3n) is 2.60. The third kappa shape index (κ3) is 5.56. The van der Waals surface area contributed by atoms with Crippen LogP contribution in [0.1, 0.15) is 55.5 Å². The number of rotatable bonds is 9. The largest absolute Gasteiger partial charge is 0.330 e. The molecule has 1 rings (SSSR count). The van der Waals surface area contributed by atoms with Crippen LogP contribution in [0.15, 0.2) is 0 Å². The van der Waals surface area contributed by atoms with Crippen LogP contribution in [-0.4, -0.2) is 16.7 Å². The maximum atomic E-state index is 5.47. The van der Waals surface area contributed by atoms with Gasteiger partial charge in [0.2, 0.25) is 0 Å². The topological polar surface area (TPSA) is 51.8 Å². The first-order valence-electron chi connectivity index (χ1n) is 6.38. The van der Waals surface area contributed by atoms with E-state index in [1.807, 2.05) is 0 Å². The Morgan fingerprint density at radius 3 is 2.19 bits per heavy atom. The fraction of sp³-hybridized carbons (Fsp3) is 0.833. The van der Waals surface area contributed by atoms with E-state index >= 15 is 0 Å². The number of aromatic nitrogens is 2. The van der Waals surface area contributed by atoms with Crippen LogP contribution >= 0.6 is 11.3 Å². The maximum absolute atomic E-state index is 5.47. The van der Waals surface area contributed by atoms with Crippen molar-refractivity contribution < 1.29 is 0 Å². The Morgan fingerprint density at radius 1 is 0.938 bits per heavy atom. The first kappa shape index (κ1) is 13.6. The van der Waals surface area contributed by atoms with Crippen molar-refractivity contribution in [1.82, 2.24) is 10.2 Å². The summed E-state index contributed by atoms with van der Waals surface area (Å²) in [6.45, 7) is 2.99. The molecule has 0 aliphatic heterocycles. The minimum atomic E-state index is 0.742. The Morgan fingerprint density at radius 2 is 1.56 bits per heavy atom. The lowest BCUT2D eigenvalue weighted by atomic mass is 10.1. The molecule has 16 heavy (non-hydrogen) atoms. The van der Waals surface area contributed by atoms with E-state index in [4.69, 9.17) is 5.73 Å². The van der Waals surface area contributed by atoms with Gasteiger partial charge in [-0.3, -0.25) is 0 Å². The lowest BCUT2D eigenvalue weighted by Gasteiger charge is -1.96. The summed E-state index contributed by atoms with van der Waals surface area (Å²) in [7, 11) is 0. The van der Waals surface area contributed by atoms with Gasteiger partial charge in [0.15, 0.2) is 0 Å². The molecule has 0 spiro atoms. The van der Waals surface area contributed by atoms with Crippen LogP contribution in [0, 0.1) is 0 Å². The Bertz CT molecular complexity index is 273. The number of nitrogens with zero attached hydrogens (tertiary/aromatic N) is 2. The van der Waals surface area contributed by atoms with Crippen LogP contribution in [-0.2, 0) is 12.8 Å². The summed E-state index contributed by atoms with van der Waals surface area (Å²) >= 11 is 1.76. The van der Waals surface area contributed by atoms with Crippen molar-refractivity contribution in [3.63, 3.8) is 0 Å². The van der Waals surface area contributed by atoms with Crippen LogP contribution in [0.25, 0.3) is 0 Å². The average Bonchev–Trinajstić information content (AvgIpc) is 2.74. The molecule has 0 saturated heterocycles. The molecule has 92 valence electrons. The first-order chi connectivity index (χ1) is 7.86. The predicted octanol–water partition coefficient (Wildman–Crippen LogP) is 2.94. The molecule has 0 bridgehead atoms. The Balaban J connectivity index is 2.14. The van der Waals surface area contributed by atoms with Crippen LogP contribution in [0.4, 0.5) is 0 Å². The molecule has 0 aliphatic carbocycles. The van der Waals surface area contributed by atoms with Crippen LogP contribution in [0.5, 0.6) is 0 Å². The molecule has 4 heteroatoms. The zero-order valence-electron chi connectivity index (χ0n) is 10.2. The normalized spacial score (nSPS) is 10.9. The van der Waals surface area contributed by atoms with Gasteiger partial charge in [-0.1, -0.05) is 32.6 Å². The van der Waals surface area contributed by atoms with Crippen LogP contribution in [0.3, 0.4) is 0 Å². The van der Waals surface area contributed by atoms with Gasteiger partial charge in [0.1, 0.15) is 10.0 Å². The molecule has 1 aromatic rings. The van der Waals surface area contributed by atoms with Crippen molar-refractivity contribution in [3.8, 4) is 0 Å². The van der Waals surface area contributed by atoms with Crippen molar-refractivity contribution in [2.24, 2.45) is 5.73 Å². The monoisotopic (exact) mass is 241 g/mol. The van der Waals surface area contributed by atoms with Gasteiger partial charge in [0.25, 0.3) is 0 Å². The average molecular weight is 241 g/mol. The second-order valence-corrected chi connectivity index (χ2v) is 5.29. The molecule has 0 aliphatic rings. The zero-order valence-corrected chi connectivity index (χ0v) is 11.1. The van der Waals surface area contributed by atoms with Gasteiger partial charge in [-0.2, -0.15) is 0 Å². The van der Waals surface area contributed by atoms with Crippen molar-refractivity contribution in [2.45, 2.75) is 58.3 Å². The number of hydrogen-bond donors (Lipinski definition) is 1.